The Bertz CT molecular complexity index is 402. The monoisotopic (exact) mass is 164 g/mol. The Balaban J connectivity index is 2.70. The number of aromatic nitrogens is 2. The molecule has 12 heavy (non-hydrogen) atoms. The number of hydrogen-bond acceptors (Lipinski definition) is 4. The summed E-state index contributed by atoms with van der Waals surface area (Å²) in [5.74, 6) is -1.48. The second kappa shape index (κ2) is 2.30. The van der Waals surface area contributed by atoms with Gasteiger partial charge in [0.25, 0.3) is 0 Å². The van der Waals surface area contributed by atoms with Gasteiger partial charge in [-0.3, -0.25) is 4.98 Å². The van der Waals surface area contributed by atoms with Gasteiger partial charge in [-0.15, -0.1) is 0 Å². The van der Waals surface area contributed by atoms with Gasteiger partial charge in [-0.05, 0) is 0 Å². The van der Waals surface area contributed by atoms with Gasteiger partial charge in [-0.25, -0.2) is 9.78 Å². The molecule has 0 aliphatic rings. The average Bonchev–Trinajstić information content (AvgIpc) is 2.46. The average molecular weight is 164 g/mol. The SMILES string of the molecule is O=C(O)c1nc2cnccc2o1. The van der Waals surface area contributed by atoms with E-state index in [0.717, 1.165) is 0 Å². The van der Waals surface area contributed by atoms with Gasteiger partial charge in [0.1, 0.15) is 5.52 Å². The summed E-state index contributed by atoms with van der Waals surface area (Å²) in [5.41, 5.74) is 0.886. The maximum absolute atomic E-state index is 10.4. The van der Waals surface area contributed by atoms with Crippen molar-refractivity contribution in [1.82, 2.24) is 9.97 Å². The Morgan fingerprint density at radius 1 is 1.58 bits per heavy atom. The zero-order chi connectivity index (χ0) is 8.55. The fourth-order valence-corrected chi connectivity index (χ4v) is 0.871. The van der Waals surface area contributed by atoms with Gasteiger partial charge in [0, 0.05) is 12.3 Å². The summed E-state index contributed by atoms with van der Waals surface area (Å²) in [6.07, 6.45) is 2.96. The molecule has 0 aliphatic carbocycles. The number of fused-ring (bicyclic) bond motifs is 1. The molecule has 0 saturated heterocycles. The maximum atomic E-state index is 10.4. The number of hydrogen-bond donors (Lipinski definition) is 1. The number of carboxylic acids is 1. The number of carboxylic acid groups (broad SMARTS) is 1. The van der Waals surface area contributed by atoms with Crippen LogP contribution in [0, 0.1) is 0 Å². The molecule has 60 valence electrons. The predicted octanol–water partition coefficient (Wildman–Crippen LogP) is 0.921. The lowest BCUT2D eigenvalue weighted by Gasteiger charge is -1.80. The van der Waals surface area contributed by atoms with Crippen molar-refractivity contribution in [1.29, 1.82) is 0 Å². The first-order valence-electron chi connectivity index (χ1n) is 3.21. The molecule has 5 nitrogen and oxygen atoms in total. The number of aromatic carboxylic acids is 1. The highest BCUT2D eigenvalue weighted by molar-refractivity contribution is 5.86. The molecule has 2 rings (SSSR count). The van der Waals surface area contributed by atoms with Crippen molar-refractivity contribution in [2.24, 2.45) is 0 Å². The van der Waals surface area contributed by atoms with E-state index in [1.807, 2.05) is 0 Å². The van der Waals surface area contributed by atoms with Crippen LogP contribution in [-0.4, -0.2) is 21.0 Å². The standard InChI is InChI=1S/C7H4N2O3/c10-7(11)6-9-4-3-8-2-1-5(4)12-6/h1-3H,(H,10,11). The van der Waals surface area contributed by atoms with Crippen LogP contribution in [0.5, 0.6) is 0 Å². The summed E-state index contributed by atoms with van der Waals surface area (Å²) in [5, 5.41) is 8.51. The van der Waals surface area contributed by atoms with Crippen LogP contribution in [0.1, 0.15) is 10.7 Å². The van der Waals surface area contributed by atoms with E-state index >= 15 is 0 Å². The summed E-state index contributed by atoms with van der Waals surface area (Å²) in [6.45, 7) is 0. The van der Waals surface area contributed by atoms with E-state index in [1.165, 1.54) is 12.4 Å². The molecule has 0 unspecified atom stereocenters. The van der Waals surface area contributed by atoms with Crippen LogP contribution >= 0.6 is 0 Å². The van der Waals surface area contributed by atoms with Crippen LogP contribution in [0.2, 0.25) is 0 Å². The van der Waals surface area contributed by atoms with E-state index in [1.54, 1.807) is 6.07 Å². The second-order valence-electron chi connectivity index (χ2n) is 2.17. The lowest BCUT2D eigenvalue weighted by atomic mass is 10.4. The van der Waals surface area contributed by atoms with E-state index in [2.05, 4.69) is 9.97 Å². The first-order chi connectivity index (χ1) is 5.77. The summed E-state index contributed by atoms with van der Waals surface area (Å²) >= 11 is 0. The third kappa shape index (κ3) is 0.914. The maximum Gasteiger partial charge on any atom is 0.392 e. The van der Waals surface area contributed by atoms with Gasteiger partial charge in [0.05, 0.1) is 6.20 Å². The molecular formula is C7H4N2O3. The molecule has 2 aromatic rings. The second-order valence-corrected chi connectivity index (χ2v) is 2.17. The Labute approximate surface area is 66.7 Å². The molecule has 0 bridgehead atoms. The van der Waals surface area contributed by atoms with Gasteiger partial charge >= 0.3 is 11.9 Å². The van der Waals surface area contributed by atoms with Gasteiger partial charge in [0.15, 0.2) is 5.58 Å². The number of oxazole rings is 1. The third-order valence-electron chi connectivity index (χ3n) is 1.37. The van der Waals surface area contributed by atoms with Crippen LogP contribution in [0.15, 0.2) is 22.9 Å². The van der Waals surface area contributed by atoms with Gasteiger partial charge in [-0.2, -0.15) is 0 Å². The van der Waals surface area contributed by atoms with Gasteiger partial charge < -0.3 is 9.52 Å². The largest absolute Gasteiger partial charge is 0.474 e. The molecule has 2 aromatic heterocycles. The molecule has 5 heteroatoms. The normalized spacial score (nSPS) is 10.3. The molecule has 0 aromatic carbocycles. The van der Waals surface area contributed by atoms with Crippen LogP contribution in [0.25, 0.3) is 11.1 Å². The molecular weight excluding hydrogens is 160 g/mol. The summed E-state index contributed by atoms with van der Waals surface area (Å²) in [6, 6.07) is 1.56. The highest BCUT2D eigenvalue weighted by Gasteiger charge is 2.11. The van der Waals surface area contributed by atoms with Crippen molar-refractivity contribution in [2.75, 3.05) is 0 Å². The fraction of sp³-hybridized carbons (Fsp3) is 0. The van der Waals surface area contributed by atoms with Gasteiger partial charge in [-0.1, -0.05) is 0 Å². The molecule has 2 heterocycles. The van der Waals surface area contributed by atoms with Gasteiger partial charge in [0.2, 0.25) is 0 Å². The summed E-state index contributed by atoms with van der Waals surface area (Å²) in [7, 11) is 0. The van der Waals surface area contributed by atoms with Crippen LogP contribution < -0.4 is 0 Å². The predicted molar refractivity (Wildman–Crippen MR) is 38.8 cm³/mol. The molecule has 0 amide bonds. The first-order valence-corrected chi connectivity index (χ1v) is 3.21. The number of pyridine rings is 1. The minimum absolute atomic E-state index is 0.307. The molecule has 0 saturated carbocycles. The van der Waals surface area contributed by atoms with Crippen LogP contribution in [0.3, 0.4) is 0 Å². The topological polar surface area (TPSA) is 76.2 Å². The highest BCUT2D eigenvalue weighted by Crippen LogP contribution is 2.12. The smallest absolute Gasteiger partial charge is 0.392 e. The Morgan fingerprint density at radius 3 is 3.08 bits per heavy atom. The molecule has 0 atom stereocenters. The summed E-state index contributed by atoms with van der Waals surface area (Å²) in [4.78, 5) is 17.8. The van der Waals surface area contributed by atoms with E-state index in [-0.39, 0.29) is 5.89 Å². The molecule has 0 spiro atoms. The summed E-state index contributed by atoms with van der Waals surface area (Å²) < 4.78 is 4.88. The number of nitrogens with zero attached hydrogens (tertiary/aromatic N) is 2. The molecule has 0 fully saturated rings. The third-order valence-corrected chi connectivity index (χ3v) is 1.37. The van der Waals surface area contributed by atoms with E-state index in [0.29, 0.717) is 11.1 Å². The van der Waals surface area contributed by atoms with Crippen molar-refractivity contribution in [3.8, 4) is 0 Å². The lowest BCUT2D eigenvalue weighted by Crippen LogP contribution is -1.94. The number of carbonyl (C=O) groups is 1. The minimum atomic E-state index is -1.17. The zero-order valence-corrected chi connectivity index (χ0v) is 5.89. The molecule has 0 radical (unpaired) electrons. The Kier molecular flexibility index (Phi) is 1.30. The van der Waals surface area contributed by atoms with Crippen LogP contribution in [-0.2, 0) is 0 Å². The number of rotatable bonds is 1. The van der Waals surface area contributed by atoms with Crippen molar-refractivity contribution in [2.45, 2.75) is 0 Å². The van der Waals surface area contributed by atoms with Crippen molar-refractivity contribution >= 4 is 17.1 Å². The quantitative estimate of drug-likeness (QED) is 0.678. The van der Waals surface area contributed by atoms with E-state index in [9.17, 15) is 4.79 Å². The first kappa shape index (κ1) is 6.78. The highest BCUT2D eigenvalue weighted by atomic mass is 16.4. The van der Waals surface area contributed by atoms with Crippen molar-refractivity contribution in [3.05, 3.63) is 24.4 Å². The van der Waals surface area contributed by atoms with Crippen molar-refractivity contribution < 1.29 is 14.3 Å². The molecule has 1 N–H and O–H groups in total. The Hall–Kier alpha value is -1.91. The lowest BCUT2D eigenvalue weighted by molar-refractivity contribution is 0.0656. The van der Waals surface area contributed by atoms with Crippen molar-refractivity contribution in [3.63, 3.8) is 0 Å². The van der Waals surface area contributed by atoms with Crippen LogP contribution in [0.4, 0.5) is 0 Å². The Morgan fingerprint density at radius 2 is 2.42 bits per heavy atom. The minimum Gasteiger partial charge on any atom is -0.474 e. The molecule has 0 aliphatic heterocycles. The van der Waals surface area contributed by atoms with E-state index < -0.39 is 5.97 Å². The fourth-order valence-electron chi connectivity index (χ4n) is 0.871. The zero-order valence-electron chi connectivity index (χ0n) is 5.89. The van der Waals surface area contributed by atoms with E-state index in [4.69, 9.17) is 9.52 Å².